The number of aromatic nitrogens is 1. The number of rotatable bonds is 6. The summed E-state index contributed by atoms with van der Waals surface area (Å²) < 4.78 is 10.4. The first kappa shape index (κ1) is 17.4. The maximum absolute atomic E-state index is 12.2. The molecular weight excluding hydrogens is 358 g/mol. The van der Waals surface area contributed by atoms with Crippen LogP contribution in [0.25, 0.3) is 10.8 Å². The molecule has 3 rings (SSSR count). The highest BCUT2D eigenvalue weighted by molar-refractivity contribution is 7.98. The van der Waals surface area contributed by atoms with Crippen molar-refractivity contribution in [2.45, 2.75) is 11.8 Å². The molecule has 0 amide bonds. The van der Waals surface area contributed by atoms with Crippen molar-refractivity contribution >= 4 is 34.9 Å². The zero-order valence-corrected chi connectivity index (χ0v) is 15.3. The second-order valence-corrected chi connectivity index (χ2v) is 7.21. The lowest BCUT2D eigenvalue weighted by molar-refractivity contribution is 0.0469. The van der Waals surface area contributed by atoms with Crippen molar-refractivity contribution in [3.05, 3.63) is 58.8 Å². The standard InChI is InChI=1S/C18H15NO4S2/c1-11-16(19-17(25-11)15-4-3-9-22-15)18(21)23-10-14(20)12-5-7-13(24-2)8-6-12/h3-9H,10H2,1-2H3. The first-order chi connectivity index (χ1) is 12.1. The number of carbonyl (C=O) groups is 2. The predicted octanol–water partition coefficient (Wildman–Crippen LogP) is 4.47. The van der Waals surface area contributed by atoms with E-state index < -0.39 is 5.97 Å². The molecule has 5 nitrogen and oxygen atoms in total. The van der Waals surface area contributed by atoms with Crippen LogP contribution in [0, 0.1) is 6.92 Å². The zero-order valence-electron chi connectivity index (χ0n) is 13.6. The number of thioether (sulfide) groups is 1. The van der Waals surface area contributed by atoms with E-state index >= 15 is 0 Å². The Morgan fingerprint density at radius 2 is 2.00 bits per heavy atom. The molecule has 0 N–H and O–H groups in total. The van der Waals surface area contributed by atoms with Crippen molar-refractivity contribution < 1.29 is 18.7 Å². The van der Waals surface area contributed by atoms with Gasteiger partial charge in [0.1, 0.15) is 0 Å². The molecule has 0 spiro atoms. The van der Waals surface area contributed by atoms with Crippen LogP contribution in [-0.4, -0.2) is 29.6 Å². The van der Waals surface area contributed by atoms with Gasteiger partial charge in [-0.15, -0.1) is 23.1 Å². The number of furan rings is 1. The summed E-state index contributed by atoms with van der Waals surface area (Å²) in [6.07, 6.45) is 3.51. The number of aryl methyl sites for hydroxylation is 1. The van der Waals surface area contributed by atoms with Gasteiger partial charge in [0.2, 0.25) is 0 Å². The van der Waals surface area contributed by atoms with Gasteiger partial charge >= 0.3 is 5.97 Å². The van der Waals surface area contributed by atoms with Gasteiger partial charge in [0, 0.05) is 15.3 Å². The molecule has 2 aromatic heterocycles. The van der Waals surface area contributed by atoms with E-state index in [0.29, 0.717) is 21.2 Å². The Kier molecular flexibility index (Phi) is 5.35. The van der Waals surface area contributed by atoms with Crippen molar-refractivity contribution in [2.75, 3.05) is 12.9 Å². The largest absolute Gasteiger partial charge is 0.462 e. The van der Waals surface area contributed by atoms with Gasteiger partial charge < -0.3 is 9.15 Å². The fraction of sp³-hybridized carbons (Fsp3) is 0.167. The summed E-state index contributed by atoms with van der Waals surface area (Å²) in [6.45, 7) is 1.47. The van der Waals surface area contributed by atoms with Crippen LogP contribution in [0.2, 0.25) is 0 Å². The second-order valence-electron chi connectivity index (χ2n) is 5.13. The molecule has 0 unspecified atom stereocenters. The molecule has 1 aromatic carbocycles. The Balaban J connectivity index is 1.65. The Bertz CT molecular complexity index is 882. The Morgan fingerprint density at radius 3 is 2.64 bits per heavy atom. The Labute approximate surface area is 153 Å². The monoisotopic (exact) mass is 373 g/mol. The third kappa shape index (κ3) is 4.00. The molecule has 0 aliphatic rings. The quantitative estimate of drug-likeness (QED) is 0.361. The van der Waals surface area contributed by atoms with Gasteiger partial charge in [-0.2, -0.15) is 0 Å². The summed E-state index contributed by atoms with van der Waals surface area (Å²) in [5.74, 6) is -0.266. The number of Topliss-reactive ketones (excluding diaryl/α,β-unsaturated/α-hetero) is 1. The minimum absolute atomic E-state index is 0.210. The smallest absolute Gasteiger partial charge is 0.358 e. The number of hydrogen-bond donors (Lipinski definition) is 0. The third-order valence-corrected chi connectivity index (χ3v) is 5.20. The maximum atomic E-state index is 12.2. The first-order valence-electron chi connectivity index (χ1n) is 7.44. The van der Waals surface area contributed by atoms with Gasteiger partial charge in [0.05, 0.1) is 6.26 Å². The van der Waals surface area contributed by atoms with Gasteiger partial charge in [-0.05, 0) is 37.4 Å². The van der Waals surface area contributed by atoms with E-state index in [1.165, 1.54) is 11.3 Å². The third-order valence-electron chi connectivity index (χ3n) is 3.47. The van der Waals surface area contributed by atoms with Crippen molar-refractivity contribution in [3.8, 4) is 10.8 Å². The minimum Gasteiger partial charge on any atom is -0.462 e. The van der Waals surface area contributed by atoms with Crippen LogP contribution < -0.4 is 0 Å². The summed E-state index contributed by atoms with van der Waals surface area (Å²) in [4.78, 5) is 30.4. The molecule has 128 valence electrons. The van der Waals surface area contributed by atoms with E-state index in [4.69, 9.17) is 9.15 Å². The molecule has 0 fully saturated rings. The SMILES string of the molecule is CSc1ccc(C(=O)COC(=O)c2nc(-c3ccco3)sc2C)cc1. The zero-order chi connectivity index (χ0) is 17.8. The molecule has 3 aromatic rings. The van der Waals surface area contributed by atoms with Crippen LogP contribution in [0.5, 0.6) is 0 Å². The average molecular weight is 373 g/mol. The number of ether oxygens (including phenoxy) is 1. The minimum atomic E-state index is -0.611. The number of carbonyl (C=O) groups excluding carboxylic acids is 2. The van der Waals surface area contributed by atoms with Crippen molar-refractivity contribution in [2.24, 2.45) is 0 Å². The fourth-order valence-electron chi connectivity index (χ4n) is 2.15. The van der Waals surface area contributed by atoms with E-state index in [9.17, 15) is 9.59 Å². The maximum Gasteiger partial charge on any atom is 0.358 e. The highest BCUT2D eigenvalue weighted by Gasteiger charge is 2.20. The van der Waals surface area contributed by atoms with Crippen LogP contribution >= 0.6 is 23.1 Å². The predicted molar refractivity (Wildman–Crippen MR) is 97.4 cm³/mol. The summed E-state index contributed by atoms with van der Waals surface area (Å²) in [5, 5.41) is 0.605. The summed E-state index contributed by atoms with van der Waals surface area (Å²) in [6, 6.07) is 10.7. The number of hydrogen-bond acceptors (Lipinski definition) is 7. The van der Waals surface area contributed by atoms with Crippen LogP contribution in [0.15, 0.2) is 52.0 Å². The number of esters is 1. The normalized spacial score (nSPS) is 10.6. The molecule has 0 saturated carbocycles. The lowest BCUT2D eigenvalue weighted by atomic mass is 10.1. The van der Waals surface area contributed by atoms with Crippen LogP contribution in [-0.2, 0) is 4.74 Å². The summed E-state index contributed by atoms with van der Waals surface area (Å²) >= 11 is 2.94. The number of benzene rings is 1. The number of thiazole rings is 1. The highest BCUT2D eigenvalue weighted by Crippen LogP contribution is 2.28. The van der Waals surface area contributed by atoms with Crippen molar-refractivity contribution in [1.29, 1.82) is 0 Å². The highest BCUT2D eigenvalue weighted by atomic mass is 32.2. The second kappa shape index (κ2) is 7.67. The van der Waals surface area contributed by atoms with E-state index in [1.54, 1.807) is 49.2 Å². The molecular formula is C18H15NO4S2. The van der Waals surface area contributed by atoms with E-state index in [0.717, 1.165) is 4.90 Å². The lowest BCUT2D eigenvalue weighted by Gasteiger charge is -2.04. The van der Waals surface area contributed by atoms with E-state index in [-0.39, 0.29) is 18.1 Å². The van der Waals surface area contributed by atoms with Crippen LogP contribution in [0.4, 0.5) is 0 Å². The summed E-state index contributed by atoms with van der Waals surface area (Å²) in [7, 11) is 0. The van der Waals surface area contributed by atoms with E-state index in [1.807, 2.05) is 18.4 Å². The Hall–Kier alpha value is -2.38. The first-order valence-corrected chi connectivity index (χ1v) is 9.48. The fourth-order valence-corrected chi connectivity index (χ4v) is 3.43. The molecule has 0 atom stereocenters. The molecule has 0 saturated heterocycles. The molecule has 0 aliphatic heterocycles. The van der Waals surface area contributed by atoms with Gasteiger partial charge in [0.15, 0.2) is 28.9 Å². The molecule has 2 heterocycles. The Morgan fingerprint density at radius 1 is 1.24 bits per heavy atom. The van der Waals surface area contributed by atoms with Crippen molar-refractivity contribution in [1.82, 2.24) is 4.98 Å². The van der Waals surface area contributed by atoms with Gasteiger partial charge in [-0.25, -0.2) is 9.78 Å². The molecule has 7 heteroatoms. The van der Waals surface area contributed by atoms with Gasteiger partial charge in [-0.3, -0.25) is 4.79 Å². The number of nitrogens with zero attached hydrogens (tertiary/aromatic N) is 1. The summed E-state index contributed by atoms with van der Waals surface area (Å²) in [5.41, 5.74) is 0.721. The van der Waals surface area contributed by atoms with Crippen LogP contribution in [0.1, 0.15) is 25.7 Å². The van der Waals surface area contributed by atoms with Gasteiger partial charge in [-0.1, -0.05) is 12.1 Å². The topological polar surface area (TPSA) is 69.4 Å². The molecule has 0 aliphatic carbocycles. The van der Waals surface area contributed by atoms with Crippen LogP contribution in [0.3, 0.4) is 0 Å². The molecule has 0 radical (unpaired) electrons. The lowest BCUT2D eigenvalue weighted by Crippen LogP contribution is -2.15. The van der Waals surface area contributed by atoms with E-state index in [2.05, 4.69) is 4.98 Å². The molecule has 25 heavy (non-hydrogen) atoms. The molecule has 0 bridgehead atoms. The van der Waals surface area contributed by atoms with Crippen molar-refractivity contribution in [3.63, 3.8) is 0 Å². The van der Waals surface area contributed by atoms with Gasteiger partial charge in [0.25, 0.3) is 0 Å². The number of ketones is 1. The average Bonchev–Trinajstić information content (AvgIpc) is 3.29.